The third kappa shape index (κ3) is 1.29. The van der Waals surface area contributed by atoms with Crippen LogP contribution in [0.25, 0.3) is 59.9 Å². The van der Waals surface area contributed by atoms with Crippen molar-refractivity contribution in [1.29, 1.82) is 0 Å². The molecule has 7 aromatic rings. The zero-order valence-electron chi connectivity index (χ0n) is 14.0. The average molecular weight is 330 g/mol. The van der Waals surface area contributed by atoms with E-state index in [0.717, 1.165) is 0 Å². The molecule has 0 bridgehead atoms. The zero-order valence-corrected chi connectivity index (χ0v) is 14.0. The van der Waals surface area contributed by atoms with Gasteiger partial charge in [0.15, 0.2) is 0 Å². The molecular formula is C24H14N2. The lowest BCUT2D eigenvalue weighted by molar-refractivity contribution is 1.31. The Labute approximate surface area is 148 Å². The summed E-state index contributed by atoms with van der Waals surface area (Å²) in [5.41, 5.74) is 4.99. The highest BCUT2D eigenvalue weighted by atomic mass is 15.0. The van der Waals surface area contributed by atoms with Crippen molar-refractivity contribution in [2.75, 3.05) is 0 Å². The molecule has 7 rings (SSSR count). The van der Waals surface area contributed by atoms with E-state index in [2.05, 4.69) is 88.2 Å². The molecule has 0 atom stereocenters. The van der Waals surface area contributed by atoms with Gasteiger partial charge in [-0.05, 0) is 29.0 Å². The Bertz CT molecular complexity index is 1630. The van der Waals surface area contributed by atoms with Crippen LogP contribution in [0.5, 0.6) is 0 Å². The molecule has 3 heterocycles. The fourth-order valence-electron chi connectivity index (χ4n) is 4.83. The highest BCUT2D eigenvalue weighted by molar-refractivity contribution is 6.34. The summed E-state index contributed by atoms with van der Waals surface area (Å²) < 4.78 is 2.42. The molecule has 0 fully saturated rings. The first-order chi connectivity index (χ1) is 12.9. The Morgan fingerprint density at radius 3 is 2.27 bits per heavy atom. The molecule has 0 aliphatic carbocycles. The summed E-state index contributed by atoms with van der Waals surface area (Å²) in [6.07, 6.45) is 0. The van der Waals surface area contributed by atoms with Crippen LogP contribution >= 0.6 is 0 Å². The van der Waals surface area contributed by atoms with Crippen LogP contribution in [0.4, 0.5) is 0 Å². The van der Waals surface area contributed by atoms with Crippen LogP contribution in [0, 0.1) is 0 Å². The van der Waals surface area contributed by atoms with Gasteiger partial charge >= 0.3 is 0 Å². The summed E-state index contributed by atoms with van der Waals surface area (Å²) in [5, 5.41) is 9.28. The molecular weight excluding hydrogens is 316 g/mol. The molecule has 0 radical (unpaired) electrons. The number of H-pyrrole nitrogens is 1. The number of benzene rings is 4. The normalized spacial score (nSPS) is 12.6. The van der Waals surface area contributed by atoms with Gasteiger partial charge in [-0.1, -0.05) is 60.7 Å². The smallest absolute Gasteiger partial charge is 0.124 e. The third-order valence-corrected chi connectivity index (χ3v) is 5.84. The van der Waals surface area contributed by atoms with Crippen LogP contribution < -0.4 is 0 Å². The highest BCUT2D eigenvalue weighted by Crippen LogP contribution is 2.44. The van der Waals surface area contributed by atoms with Crippen molar-refractivity contribution in [3.05, 3.63) is 78.9 Å². The van der Waals surface area contributed by atoms with Gasteiger partial charge in [0.1, 0.15) is 5.65 Å². The quantitative estimate of drug-likeness (QED) is 0.329. The maximum atomic E-state index is 3.68. The van der Waals surface area contributed by atoms with Gasteiger partial charge in [0.25, 0.3) is 0 Å². The van der Waals surface area contributed by atoms with E-state index >= 15 is 0 Å². The largest absolute Gasteiger partial charge is 0.340 e. The van der Waals surface area contributed by atoms with Crippen molar-refractivity contribution in [2.45, 2.75) is 0 Å². The third-order valence-electron chi connectivity index (χ3n) is 5.84. The first kappa shape index (κ1) is 12.8. The summed E-state index contributed by atoms with van der Waals surface area (Å²) in [4.78, 5) is 3.68. The van der Waals surface area contributed by atoms with E-state index < -0.39 is 0 Å². The van der Waals surface area contributed by atoms with Crippen molar-refractivity contribution in [2.24, 2.45) is 0 Å². The molecule has 0 unspecified atom stereocenters. The standard InChI is InChI=1S/C24H14N2/c1-2-8-15-14(7-1)13-18-22-16-9-3-5-11-19(16)25-24(22)26-20-12-6-4-10-17(20)21(15)23(18)26/h1-13,25H. The number of nitrogens with one attached hydrogen (secondary N) is 1. The first-order valence-electron chi connectivity index (χ1n) is 8.98. The maximum Gasteiger partial charge on any atom is 0.124 e. The molecule has 2 nitrogen and oxygen atoms in total. The molecule has 1 N–H and O–H groups in total. The first-order valence-corrected chi connectivity index (χ1v) is 8.98. The SMILES string of the molecule is c1ccc2c(c1)cc1c3c4ccccc4[nH]c3n3c4ccccc4c2c13. The minimum absolute atomic E-state index is 1.20. The summed E-state index contributed by atoms with van der Waals surface area (Å²) >= 11 is 0. The van der Waals surface area contributed by atoms with Gasteiger partial charge in [-0.25, -0.2) is 0 Å². The summed E-state index contributed by atoms with van der Waals surface area (Å²) in [6, 6.07) is 28.5. The molecule has 0 spiro atoms. The summed E-state index contributed by atoms with van der Waals surface area (Å²) in [7, 11) is 0. The number of para-hydroxylation sites is 2. The van der Waals surface area contributed by atoms with Gasteiger partial charge in [-0.3, -0.25) is 4.40 Å². The summed E-state index contributed by atoms with van der Waals surface area (Å²) in [6.45, 7) is 0. The van der Waals surface area contributed by atoms with Crippen molar-refractivity contribution < 1.29 is 0 Å². The van der Waals surface area contributed by atoms with Gasteiger partial charge in [0.05, 0.1) is 11.0 Å². The minimum atomic E-state index is 1.20. The van der Waals surface area contributed by atoms with E-state index in [4.69, 9.17) is 0 Å². The Morgan fingerprint density at radius 1 is 0.615 bits per heavy atom. The van der Waals surface area contributed by atoms with Crippen LogP contribution in [0.2, 0.25) is 0 Å². The molecule has 26 heavy (non-hydrogen) atoms. The highest BCUT2D eigenvalue weighted by Gasteiger charge is 2.21. The monoisotopic (exact) mass is 330 g/mol. The van der Waals surface area contributed by atoms with Crippen LogP contribution in [-0.4, -0.2) is 9.38 Å². The van der Waals surface area contributed by atoms with Gasteiger partial charge < -0.3 is 4.98 Å². The van der Waals surface area contributed by atoms with Crippen LogP contribution in [0.15, 0.2) is 78.9 Å². The fourth-order valence-corrected chi connectivity index (χ4v) is 4.83. The predicted octanol–water partition coefficient (Wildman–Crippen LogP) is 6.47. The number of fused-ring (bicyclic) bond motifs is 10. The van der Waals surface area contributed by atoms with Crippen molar-refractivity contribution in [1.82, 2.24) is 9.38 Å². The number of hydrogen-bond acceptors (Lipinski definition) is 0. The molecule has 3 aromatic heterocycles. The van der Waals surface area contributed by atoms with Crippen molar-refractivity contribution >= 4 is 59.9 Å². The maximum absolute atomic E-state index is 3.68. The lowest BCUT2D eigenvalue weighted by Crippen LogP contribution is -1.80. The number of aromatic nitrogens is 2. The second-order valence-corrected chi connectivity index (χ2v) is 7.12. The van der Waals surface area contributed by atoms with Crippen molar-refractivity contribution in [3.63, 3.8) is 0 Å². The fraction of sp³-hybridized carbons (Fsp3) is 0. The molecule has 4 aromatic carbocycles. The number of aromatic amines is 1. The predicted molar refractivity (Wildman–Crippen MR) is 110 cm³/mol. The molecule has 2 heteroatoms. The van der Waals surface area contributed by atoms with Crippen LogP contribution in [0.1, 0.15) is 0 Å². The molecule has 0 aliphatic heterocycles. The second kappa shape index (κ2) is 4.17. The van der Waals surface area contributed by atoms with E-state index in [1.807, 2.05) is 0 Å². The Kier molecular flexibility index (Phi) is 2.05. The lowest BCUT2D eigenvalue weighted by Gasteiger charge is -2.02. The van der Waals surface area contributed by atoms with Gasteiger partial charge in [0, 0.05) is 32.4 Å². The van der Waals surface area contributed by atoms with Gasteiger partial charge in [0.2, 0.25) is 0 Å². The number of hydrogen-bond donors (Lipinski definition) is 1. The Hall–Kier alpha value is -3.52. The molecule has 0 saturated heterocycles. The topological polar surface area (TPSA) is 20.2 Å². The Balaban J connectivity index is 1.97. The van der Waals surface area contributed by atoms with Crippen molar-refractivity contribution in [3.8, 4) is 0 Å². The lowest BCUT2D eigenvalue weighted by atomic mass is 10.00. The molecule has 120 valence electrons. The van der Waals surface area contributed by atoms with E-state index in [9.17, 15) is 0 Å². The summed E-state index contributed by atoms with van der Waals surface area (Å²) in [5.74, 6) is 0. The van der Waals surface area contributed by atoms with Gasteiger partial charge in [-0.15, -0.1) is 0 Å². The molecule has 0 aliphatic rings. The van der Waals surface area contributed by atoms with E-state index in [1.54, 1.807) is 0 Å². The van der Waals surface area contributed by atoms with E-state index in [0.29, 0.717) is 0 Å². The number of rotatable bonds is 0. The molecule has 0 saturated carbocycles. The molecule has 0 amide bonds. The Morgan fingerprint density at radius 2 is 1.35 bits per heavy atom. The zero-order chi connectivity index (χ0) is 16.8. The van der Waals surface area contributed by atoms with Crippen LogP contribution in [0.3, 0.4) is 0 Å². The van der Waals surface area contributed by atoms with E-state index in [1.165, 1.54) is 59.9 Å². The van der Waals surface area contributed by atoms with Gasteiger partial charge in [-0.2, -0.15) is 0 Å². The van der Waals surface area contributed by atoms with E-state index in [-0.39, 0.29) is 0 Å². The minimum Gasteiger partial charge on any atom is -0.340 e. The average Bonchev–Trinajstić information content (AvgIpc) is 3.32. The second-order valence-electron chi connectivity index (χ2n) is 7.12. The van der Waals surface area contributed by atoms with Crippen LogP contribution in [-0.2, 0) is 0 Å². The number of nitrogens with zero attached hydrogens (tertiary/aromatic N) is 1.